The molecule has 5 nitrogen and oxygen atoms in total. The molecule has 1 N–H and O–H groups in total. The summed E-state index contributed by atoms with van der Waals surface area (Å²) >= 11 is 3.29. The highest BCUT2D eigenvalue weighted by Gasteiger charge is 2.28. The van der Waals surface area contributed by atoms with Crippen molar-refractivity contribution in [3.63, 3.8) is 0 Å². The van der Waals surface area contributed by atoms with Gasteiger partial charge in [-0.2, -0.15) is 0 Å². The molecular weight excluding hydrogens is 404 g/mol. The molecule has 0 saturated carbocycles. The first kappa shape index (κ1) is 21.9. The van der Waals surface area contributed by atoms with Crippen LogP contribution < -0.4 is 5.32 Å². The summed E-state index contributed by atoms with van der Waals surface area (Å²) in [5.41, 5.74) is 2.51. The summed E-state index contributed by atoms with van der Waals surface area (Å²) in [5, 5.41) is 4.10. The van der Waals surface area contributed by atoms with Gasteiger partial charge in [0.15, 0.2) is 0 Å². The Labute approximate surface area is 180 Å². The van der Waals surface area contributed by atoms with Crippen molar-refractivity contribution in [2.24, 2.45) is 0 Å². The number of ether oxygens (including phenoxy) is 1. The molecule has 7 heteroatoms. The summed E-state index contributed by atoms with van der Waals surface area (Å²) in [7, 11) is 1.38. The number of nitrogens with zero attached hydrogens (tertiary/aromatic N) is 1. The van der Waals surface area contributed by atoms with E-state index in [1.807, 2.05) is 12.1 Å². The van der Waals surface area contributed by atoms with Crippen molar-refractivity contribution in [1.82, 2.24) is 4.90 Å². The van der Waals surface area contributed by atoms with E-state index in [1.54, 1.807) is 11.8 Å². The van der Waals surface area contributed by atoms with Crippen LogP contribution in [0.3, 0.4) is 0 Å². The second-order valence-corrected chi connectivity index (χ2v) is 10.1. The number of anilines is 1. The van der Waals surface area contributed by atoms with Crippen molar-refractivity contribution in [3.8, 4) is 0 Å². The Kier molecular flexibility index (Phi) is 7.38. The van der Waals surface area contributed by atoms with Crippen LogP contribution in [0.1, 0.15) is 47.1 Å². The summed E-state index contributed by atoms with van der Waals surface area (Å²) in [6.07, 6.45) is 1.08. The minimum atomic E-state index is -0.377. The van der Waals surface area contributed by atoms with Gasteiger partial charge in [-0.1, -0.05) is 32.9 Å². The van der Waals surface area contributed by atoms with E-state index in [4.69, 9.17) is 4.74 Å². The zero-order chi connectivity index (χ0) is 21.0. The van der Waals surface area contributed by atoms with E-state index in [1.165, 1.54) is 23.3 Å². The number of rotatable bonds is 7. The molecule has 0 fully saturated rings. The standard InChI is InChI=1S/C22H28N2O3S2/c1-5-24-11-10-17-18(13-24)29-21(20(17)22(26)27-4)23-19(25)12-15-6-8-16(9-7-15)28-14(2)3/h6-9,14H,5,10-13H2,1-4H3,(H,23,25). The Balaban J connectivity index is 1.74. The molecule has 0 radical (unpaired) electrons. The number of carbonyl (C=O) groups excluding carboxylic acids is 2. The first-order chi connectivity index (χ1) is 13.9. The second-order valence-electron chi connectivity index (χ2n) is 7.35. The number of likely N-dealkylation sites (N-methyl/N-ethyl adjacent to an activating group) is 1. The number of esters is 1. The van der Waals surface area contributed by atoms with Crippen LogP contribution in [0, 0.1) is 0 Å². The number of hydrogen-bond acceptors (Lipinski definition) is 6. The SMILES string of the molecule is CCN1CCc2c(sc(NC(=O)Cc3ccc(SC(C)C)cc3)c2C(=O)OC)C1. The fourth-order valence-electron chi connectivity index (χ4n) is 3.45. The molecule has 0 bridgehead atoms. The van der Waals surface area contributed by atoms with Gasteiger partial charge in [0.2, 0.25) is 5.91 Å². The number of hydrogen-bond donors (Lipinski definition) is 1. The van der Waals surface area contributed by atoms with Gasteiger partial charge < -0.3 is 10.1 Å². The van der Waals surface area contributed by atoms with Crippen LogP contribution in [0.2, 0.25) is 0 Å². The molecule has 0 spiro atoms. The van der Waals surface area contributed by atoms with Crippen LogP contribution in [0.15, 0.2) is 29.2 Å². The van der Waals surface area contributed by atoms with Crippen LogP contribution in [0.4, 0.5) is 5.00 Å². The first-order valence-electron chi connectivity index (χ1n) is 9.91. The molecule has 0 unspecified atom stereocenters. The molecule has 156 valence electrons. The lowest BCUT2D eigenvalue weighted by Crippen LogP contribution is -2.30. The summed E-state index contributed by atoms with van der Waals surface area (Å²) in [5.74, 6) is -0.497. The molecule has 1 amide bonds. The molecule has 1 aliphatic heterocycles. The quantitative estimate of drug-likeness (QED) is 0.512. The van der Waals surface area contributed by atoms with Crippen molar-refractivity contribution in [2.75, 3.05) is 25.5 Å². The Bertz CT molecular complexity index is 875. The third-order valence-electron chi connectivity index (χ3n) is 4.89. The van der Waals surface area contributed by atoms with Gasteiger partial charge in [0.1, 0.15) is 5.00 Å². The van der Waals surface area contributed by atoms with E-state index >= 15 is 0 Å². The fourth-order valence-corrected chi connectivity index (χ4v) is 5.58. The highest BCUT2D eigenvalue weighted by molar-refractivity contribution is 7.99. The number of benzene rings is 1. The third-order valence-corrected chi connectivity index (χ3v) is 7.03. The molecule has 2 heterocycles. The minimum Gasteiger partial charge on any atom is -0.465 e. The van der Waals surface area contributed by atoms with Crippen LogP contribution >= 0.6 is 23.1 Å². The first-order valence-corrected chi connectivity index (χ1v) is 11.6. The van der Waals surface area contributed by atoms with Gasteiger partial charge in [-0.05, 0) is 36.2 Å². The average molecular weight is 433 g/mol. The Hall–Kier alpha value is -1.83. The Morgan fingerprint density at radius 2 is 2.00 bits per heavy atom. The van der Waals surface area contributed by atoms with E-state index in [0.717, 1.165) is 42.1 Å². The maximum atomic E-state index is 12.7. The number of nitrogens with one attached hydrogen (secondary N) is 1. The Morgan fingerprint density at radius 3 is 2.62 bits per heavy atom. The maximum absolute atomic E-state index is 12.7. The van der Waals surface area contributed by atoms with Gasteiger partial charge in [-0.25, -0.2) is 4.79 Å². The topological polar surface area (TPSA) is 58.6 Å². The lowest BCUT2D eigenvalue weighted by atomic mass is 10.0. The number of thiophene rings is 1. The molecule has 2 aromatic rings. The van der Waals surface area contributed by atoms with Gasteiger partial charge in [0.25, 0.3) is 0 Å². The summed E-state index contributed by atoms with van der Waals surface area (Å²) in [6.45, 7) is 9.14. The zero-order valence-corrected chi connectivity index (χ0v) is 19.0. The molecule has 29 heavy (non-hydrogen) atoms. The normalized spacial score (nSPS) is 14.0. The van der Waals surface area contributed by atoms with Gasteiger partial charge in [0.05, 0.1) is 19.1 Å². The molecule has 0 aliphatic carbocycles. The number of fused-ring (bicyclic) bond motifs is 1. The maximum Gasteiger partial charge on any atom is 0.341 e. The predicted molar refractivity (Wildman–Crippen MR) is 120 cm³/mol. The zero-order valence-electron chi connectivity index (χ0n) is 17.4. The van der Waals surface area contributed by atoms with E-state index in [0.29, 0.717) is 15.8 Å². The fraction of sp³-hybridized carbons (Fsp3) is 0.455. The monoisotopic (exact) mass is 432 g/mol. The van der Waals surface area contributed by atoms with Gasteiger partial charge >= 0.3 is 5.97 Å². The van der Waals surface area contributed by atoms with Gasteiger partial charge in [-0.15, -0.1) is 23.1 Å². The van der Waals surface area contributed by atoms with Crippen molar-refractivity contribution in [3.05, 3.63) is 45.8 Å². The van der Waals surface area contributed by atoms with Crippen molar-refractivity contribution < 1.29 is 14.3 Å². The largest absolute Gasteiger partial charge is 0.465 e. The van der Waals surface area contributed by atoms with Gasteiger partial charge in [-0.3, -0.25) is 9.69 Å². The van der Waals surface area contributed by atoms with Crippen LogP contribution in [0.25, 0.3) is 0 Å². The van der Waals surface area contributed by atoms with E-state index in [9.17, 15) is 9.59 Å². The predicted octanol–water partition coefficient (Wildman–Crippen LogP) is 4.59. The molecule has 1 aromatic carbocycles. The number of methoxy groups -OCH3 is 1. The van der Waals surface area contributed by atoms with E-state index < -0.39 is 0 Å². The second kappa shape index (κ2) is 9.78. The number of thioether (sulfide) groups is 1. The highest BCUT2D eigenvalue weighted by Crippen LogP contribution is 2.37. The average Bonchev–Trinajstić information content (AvgIpc) is 3.05. The third kappa shape index (κ3) is 5.41. The lowest BCUT2D eigenvalue weighted by molar-refractivity contribution is -0.115. The molecule has 1 aliphatic rings. The van der Waals surface area contributed by atoms with Crippen LogP contribution in [-0.2, 0) is 28.9 Å². The number of amides is 1. The number of carbonyl (C=O) groups is 2. The van der Waals surface area contributed by atoms with Crippen LogP contribution in [0.5, 0.6) is 0 Å². The summed E-state index contributed by atoms with van der Waals surface area (Å²) < 4.78 is 5.00. The van der Waals surface area contributed by atoms with Crippen molar-refractivity contribution >= 4 is 40.0 Å². The molecule has 1 aromatic heterocycles. The highest BCUT2D eigenvalue weighted by atomic mass is 32.2. The molecular formula is C22H28N2O3S2. The molecule has 0 atom stereocenters. The minimum absolute atomic E-state index is 0.120. The lowest BCUT2D eigenvalue weighted by Gasteiger charge is -2.25. The smallest absolute Gasteiger partial charge is 0.341 e. The Morgan fingerprint density at radius 1 is 1.28 bits per heavy atom. The summed E-state index contributed by atoms with van der Waals surface area (Å²) in [4.78, 5) is 29.7. The van der Waals surface area contributed by atoms with Gasteiger partial charge in [0, 0.05) is 28.1 Å². The van der Waals surface area contributed by atoms with Crippen molar-refractivity contribution in [2.45, 2.75) is 50.3 Å². The molecule has 3 rings (SSSR count). The molecule has 0 saturated heterocycles. The van der Waals surface area contributed by atoms with E-state index in [2.05, 4.69) is 43.1 Å². The summed E-state index contributed by atoms with van der Waals surface area (Å²) in [6, 6.07) is 8.08. The van der Waals surface area contributed by atoms with Crippen molar-refractivity contribution in [1.29, 1.82) is 0 Å². The van der Waals surface area contributed by atoms with Crippen LogP contribution in [-0.4, -0.2) is 42.2 Å². The van der Waals surface area contributed by atoms with E-state index in [-0.39, 0.29) is 18.3 Å².